The van der Waals surface area contributed by atoms with E-state index in [9.17, 15) is 8.78 Å². The van der Waals surface area contributed by atoms with E-state index in [2.05, 4.69) is 5.32 Å². The third-order valence-electron chi connectivity index (χ3n) is 2.86. The minimum Gasteiger partial charge on any atom is -0.397 e. The minimum atomic E-state index is -0.551. The molecular weight excluding hydrogens is 246 g/mol. The Labute approximate surface area is 111 Å². The van der Waals surface area contributed by atoms with Gasteiger partial charge in [-0.1, -0.05) is 6.07 Å². The topological polar surface area (TPSA) is 38.0 Å². The van der Waals surface area contributed by atoms with E-state index in [0.717, 1.165) is 17.3 Å². The fraction of sp³-hybridized carbons (Fsp3) is 0.200. The van der Waals surface area contributed by atoms with E-state index in [4.69, 9.17) is 5.73 Å². The lowest BCUT2D eigenvalue weighted by molar-refractivity contribution is 0.580. The zero-order valence-corrected chi connectivity index (χ0v) is 10.7. The lowest BCUT2D eigenvalue weighted by Crippen LogP contribution is -2.07. The molecule has 0 bridgehead atoms. The van der Waals surface area contributed by atoms with Crippen molar-refractivity contribution >= 4 is 11.4 Å². The maximum atomic E-state index is 13.0. The maximum Gasteiger partial charge on any atom is 0.126 e. The molecule has 2 rings (SSSR count). The molecule has 2 nitrogen and oxygen atoms in total. The second kappa shape index (κ2) is 5.69. The van der Waals surface area contributed by atoms with Gasteiger partial charge in [0.25, 0.3) is 0 Å². The number of hydrogen-bond acceptors (Lipinski definition) is 2. The van der Waals surface area contributed by atoms with E-state index in [1.807, 2.05) is 25.1 Å². The molecule has 0 heterocycles. The molecule has 0 atom stereocenters. The SMILES string of the molecule is Cc1ccc(NCCc2cc(F)cc(F)c2)c(N)c1. The van der Waals surface area contributed by atoms with E-state index >= 15 is 0 Å². The predicted octanol–water partition coefficient (Wildman–Crippen LogP) is 3.51. The highest BCUT2D eigenvalue weighted by Gasteiger charge is 2.02. The van der Waals surface area contributed by atoms with Gasteiger partial charge in [0, 0.05) is 12.6 Å². The van der Waals surface area contributed by atoms with Crippen LogP contribution in [0.15, 0.2) is 36.4 Å². The van der Waals surface area contributed by atoms with Crippen LogP contribution in [0.25, 0.3) is 0 Å². The smallest absolute Gasteiger partial charge is 0.126 e. The first kappa shape index (κ1) is 13.3. The monoisotopic (exact) mass is 262 g/mol. The number of rotatable bonds is 4. The fourth-order valence-corrected chi connectivity index (χ4v) is 1.94. The molecule has 0 saturated heterocycles. The van der Waals surface area contributed by atoms with Crippen molar-refractivity contribution in [3.63, 3.8) is 0 Å². The second-order valence-corrected chi connectivity index (χ2v) is 4.55. The summed E-state index contributed by atoms with van der Waals surface area (Å²) >= 11 is 0. The van der Waals surface area contributed by atoms with Gasteiger partial charge in [-0.25, -0.2) is 8.78 Å². The van der Waals surface area contributed by atoms with E-state index in [0.29, 0.717) is 24.2 Å². The first-order valence-corrected chi connectivity index (χ1v) is 6.09. The van der Waals surface area contributed by atoms with Crippen LogP contribution < -0.4 is 11.1 Å². The van der Waals surface area contributed by atoms with E-state index in [1.54, 1.807) is 0 Å². The van der Waals surface area contributed by atoms with Gasteiger partial charge in [-0.15, -0.1) is 0 Å². The van der Waals surface area contributed by atoms with Gasteiger partial charge in [0.1, 0.15) is 11.6 Å². The standard InChI is InChI=1S/C15H16F2N2/c1-10-2-3-15(14(18)6-10)19-5-4-11-7-12(16)9-13(17)8-11/h2-3,6-9,19H,4-5,18H2,1H3. The van der Waals surface area contributed by atoms with Crippen molar-refractivity contribution in [2.24, 2.45) is 0 Å². The first-order chi connectivity index (χ1) is 9.04. The van der Waals surface area contributed by atoms with Crippen LogP contribution in [0.2, 0.25) is 0 Å². The summed E-state index contributed by atoms with van der Waals surface area (Å²) in [5.74, 6) is -1.10. The molecule has 0 aliphatic heterocycles. The zero-order chi connectivity index (χ0) is 13.8. The van der Waals surface area contributed by atoms with Crippen molar-refractivity contribution in [2.75, 3.05) is 17.6 Å². The first-order valence-electron chi connectivity index (χ1n) is 6.09. The number of halogens is 2. The van der Waals surface area contributed by atoms with Crippen LogP contribution in [-0.2, 0) is 6.42 Å². The van der Waals surface area contributed by atoms with Gasteiger partial charge in [-0.05, 0) is 48.7 Å². The number of aryl methyl sites for hydroxylation is 1. The molecule has 0 saturated carbocycles. The highest BCUT2D eigenvalue weighted by Crippen LogP contribution is 2.19. The Bertz CT molecular complexity index is 562. The largest absolute Gasteiger partial charge is 0.397 e. The van der Waals surface area contributed by atoms with Crippen molar-refractivity contribution in [1.82, 2.24) is 0 Å². The maximum absolute atomic E-state index is 13.0. The Kier molecular flexibility index (Phi) is 4.00. The Morgan fingerprint density at radius 3 is 2.37 bits per heavy atom. The molecule has 19 heavy (non-hydrogen) atoms. The lowest BCUT2D eigenvalue weighted by atomic mass is 10.1. The number of nitrogens with one attached hydrogen (secondary N) is 1. The zero-order valence-electron chi connectivity index (χ0n) is 10.7. The number of nitrogen functional groups attached to an aromatic ring is 1. The summed E-state index contributed by atoms with van der Waals surface area (Å²) in [4.78, 5) is 0. The summed E-state index contributed by atoms with van der Waals surface area (Å²) in [5, 5.41) is 3.16. The van der Waals surface area contributed by atoms with Crippen molar-refractivity contribution in [2.45, 2.75) is 13.3 Å². The molecular formula is C15H16F2N2. The number of nitrogens with two attached hydrogens (primary N) is 1. The Hall–Kier alpha value is -2.10. The summed E-state index contributed by atoms with van der Waals surface area (Å²) in [7, 11) is 0. The number of anilines is 2. The Morgan fingerprint density at radius 2 is 1.74 bits per heavy atom. The molecule has 4 heteroatoms. The highest BCUT2D eigenvalue weighted by molar-refractivity contribution is 5.66. The predicted molar refractivity (Wildman–Crippen MR) is 74.1 cm³/mol. The number of hydrogen-bond donors (Lipinski definition) is 2. The van der Waals surface area contributed by atoms with Gasteiger partial charge in [0.15, 0.2) is 0 Å². The van der Waals surface area contributed by atoms with Crippen LogP contribution in [-0.4, -0.2) is 6.54 Å². The van der Waals surface area contributed by atoms with E-state index < -0.39 is 11.6 Å². The summed E-state index contributed by atoms with van der Waals surface area (Å²) < 4.78 is 26.0. The third kappa shape index (κ3) is 3.68. The van der Waals surface area contributed by atoms with Gasteiger partial charge in [-0.3, -0.25) is 0 Å². The molecule has 0 spiro atoms. The van der Waals surface area contributed by atoms with Crippen molar-refractivity contribution in [3.05, 3.63) is 59.2 Å². The molecule has 0 aliphatic carbocycles. The second-order valence-electron chi connectivity index (χ2n) is 4.55. The average Bonchev–Trinajstić information content (AvgIpc) is 2.30. The van der Waals surface area contributed by atoms with Gasteiger partial charge >= 0.3 is 0 Å². The van der Waals surface area contributed by atoms with Gasteiger partial charge in [-0.2, -0.15) is 0 Å². The molecule has 0 aromatic heterocycles. The van der Waals surface area contributed by atoms with Crippen LogP contribution in [0.3, 0.4) is 0 Å². The third-order valence-corrected chi connectivity index (χ3v) is 2.86. The van der Waals surface area contributed by atoms with Gasteiger partial charge in [0.05, 0.1) is 11.4 Å². The summed E-state index contributed by atoms with van der Waals surface area (Å²) in [5.41, 5.74) is 9.09. The summed E-state index contributed by atoms with van der Waals surface area (Å²) in [6.07, 6.45) is 0.530. The van der Waals surface area contributed by atoms with Crippen LogP contribution >= 0.6 is 0 Å². The fourth-order valence-electron chi connectivity index (χ4n) is 1.94. The lowest BCUT2D eigenvalue weighted by Gasteiger charge is -2.10. The molecule has 0 amide bonds. The van der Waals surface area contributed by atoms with Gasteiger partial charge < -0.3 is 11.1 Å². The van der Waals surface area contributed by atoms with E-state index in [-0.39, 0.29) is 0 Å². The normalized spacial score (nSPS) is 10.5. The highest BCUT2D eigenvalue weighted by atomic mass is 19.1. The summed E-state index contributed by atoms with van der Waals surface area (Å²) in [6.45, 7) is 2.53. The van der Waals surface area contributed by atoms with E-state index in [1.165, 1.54) is 12.1 Å². The van der Waals surface area contributed by atoms with Crippen LogP contribution in [0, 0.1) is 18.6 Å². The Balaban J connectivity index is 1.96. The average molecular weight is 262 g/mol. The van der Waals surface area contributed by atoms with Gasteiger partial charge in [0.2, 0.25) is 0 Å². The van der Waals surface area contributed by atoms with Crippen LogP contribution in [0.4, 0.5) is 20.2 Å². The molecule has 0 unspecified atom stereocenters. The van der Waals surface area contributed by atoms with Crippen LogP contribution in [0.1, 0.15) is 11.1 Å². The molecule has 0 radical (unpaired) electrons. The molecule has 2 aromatic carbocycles. The molecule has 0 aliphatic rings. The van der Waals surface area contributed by atoms with Crippen molar-refractivity contribution in [3.8, 4) is 0 Å². The van der Waals surface area contributed by atoms with Crippen molar-refractivity contribution < 1.29 is 8.78 Å². The Morgan fingerprint density at radius 1 is 1.05 bits per heavy atom. The molecule has 0 fully saturated rings. The molecule has 3 N–H and O–H groups in total. The van der Waals surface area contributed by atoms with Crippen LogP contribution in [0.5, 0.6) is 0 Å². The quantitative estimate of drug-likeness (QED) is 0.827. The summed E-state index contributed by atoms with van der Waals surface area (Å²) in [6, 6.07) is 9.28. The number of benzene rings is 2. The minimum absolute atomic E-state index is 0.530. The van der Waals surface area contributed by atoms with Crippen molar-refractivity contribution in [1.29, 1.82) is 0 Å². The molecule has 100 valence electrons. The molecule has 2 aromatic rings.